The van der Waals surface area contributed by atoms with Crippen molar-refractivity contribution in [3.8, 4) is 5.69 Å². The molecule has 140 valence electrons. The van der Waals surface area contributed by atoms with Crippen LogP contribution in [-0.4, -0.2) is 43.8 Å². The van der Waals surface area contributed by atoms with E-state index in [4.69, 9.17) is 0 Å². The highest BCUT2D eigenvalue weighted by Crippen LogP contribution is 2.24. The molecule has 2 N–H and O–H groups in total. The van der Waals surface area contributed by atoms with E-state index in [2.05, 4.69) is 33.4 Å². The first kappa shape index (κ1) is 17.3. The van der Waals surface area contributed by atoms with Gasteiger partial charge in [0.15, 0.2) is 0 Å². The first-order valence-corrected chi connectivity index (χ1v) is 9.32. The van der Waals surface area contributed by atoms with Crippen molar-refractivity contribution in [1.29, 1.82) is 0 Å². The fraction of sp³-hybridized carbons (Fsp3) is 0.350. The highest BCUT2D eigenvalue weighted by molar-refractivity contribution is 5.74. The number of piperidine rings is 1. The van der Waals surface area contributed by atoms with Crippen LogP contribution in [0.1, 0.15) is 35.7 Å². The number of hydrogen-bond acceptors (Lipinski definition) is 3. The Labute approximate surface area is 158 Å². The standard InChI is InChI=1S/C20H24N6O/c1-15-5-2-3-7-18(15)26-13-16(12-24-26)11-23-20(27)25-10-4-6-17(14-25)19-21-8-9-22-19/h2-3,5,7-9,12-13,17H,4,6,10-11,14H2,1H3,(H,21,22)(H,23,27). The number of benzene rings is 1. The number of aromatic amines is 1. The Hall–Kier alpha value is -3.09. The quantitative estimate of drug-likeness (QED) is 0.747. The lowest BCUT2D eigenvalue weighted by molar-refractivity contribution is 0.178. The van der Waals surface area contributed by atoms with Crippen LogP contribution >= 0.6 is 0 Å². The maximum absolute atomic E-state index is 12.6. The van der Waals surface area contributed by atoms with Gasteiger partial charge in [0.25, 0.3) is 0 Å². The molecule has 1 aromatic carbocycles. The molecule has 1 fully saturated rings. The van der Waals surface area contributed by atoms with E-state index in [0.717, 1.165) is 42.0 Å². The molecule has 1 unspecified atom stereocenters. The Balaban J connectivity index is 1.35. The van der Waals surface area contributed by atoms with E-state index in [0.29, 0.717) is 13.1 Å². The van der Waals surface area contributed by atoms with Gasteiger partial charge in [-0.25, -0.2) is 14.5 Å². The number of para-hydroxylation sites is 1. The summed E-state index contributed by atoms with van der Waals surface area (Å²) in [4.78, 5) is 22.0. The molecule has 1 aliphatic rings. The van der Waals surface area contributed by atoms with Gasteiger partial charge in [-0.05, 0) is 31.4 Å². The minimum atomic E-state index is -0.0325. The van der Waals surface area contributed by atoms with Crippen molar-refractivity contribution in [1.82, 2.24) is 30.0 Å². The summed E-state index contributed by atoms with van der Waals surface area (Å²) in [5.74, 6) is 1.25. The first-order chi connectivity index (χ1) is 13.2. The van der Waals surface area contributed by atoms with Crippen LogP contribution in [0.3, 0.4) is 0 Å². The summed E-state index contributed by atoms with van der Waals surface area (Å²) >= 11 is 0. The molecule has 2 aromatic heterocycles. The smallest absolute Gasteiger partial charge is 0.317 e. The van der Waals surface area contributed by atoms with Crippen molar-refractivity contribution in [2.75, 3.05) is 13.1 Å². The molecular weight excluding hydrogens is 340 g/mol. The molecule has 2 amide bonds. The van der Waals surface area contributed by atoms with Gasteiger partial charge in [-0.2, -0.15) is 5.10 Å². The number of imidazole rings is 1. The lowest BCUT2D eigenvalue weighted by Crippen LogP contribution is -2.44. The number of amides is 2. The fourth-order valence-electron chi connectivity index (χ4n) is 3.58. The van der Waals surface area contributed by atoms with Crippen LogP contribution in [0.5, 0.6) is 0 Å². The minimum absolute atomic E-state index is 0.0325. The number of nitrogens with one attached hydrogen (secondary N) is 2. The third-order valence-electron chi connectivity index (χ3n) is 5.06. The molecule has 7 heteroatoms. The number of likely N-dealkylation sites (tertiary alicyclic amines) is 1. The topological polar surface area (TPSA) is 78.8 Å². The predicted molar refractivity (Wildman–Crippen MR) is 103 cm³/mol. The van der Waals surface area contributed by atoms with Crippen LogP contribution in [-0.2, 0) is 6.54 Å². The van der Waals surface area contributed by atoms with E-state index in [1.165, 1.54) is 0 Å². The van der Waals surface area contributed by atoms with Crippen LogP contribution in [0.4, 0.5) is 4.79 Å². The first-order valence-electron chi connectivity index (χ1n) is 9.32. The van der Waals surface area contributed by atoms with Crippen molar-refractivity contribution < 1.29 is 4.79 Å². The number of rotatable bonds is 4. The molecule has 0 spiro atoms. The second-order valence-corrected chi connectivity index (χ2v) is 7.00. The summed E-state index contributed by atoms with van der Waals surface area (Å²) in [6, 6.07) is 8.07. The second-order valence-electron chi connectivity index (χ2n) is 7.00. The summed E-state index contributed by atoms with van der Waals surface area (Å²) in [6.07, 6.45) is 9.41. The Morgan fingerprint density at radius 2 is 2.26 bits per heavy atom. The van der Waals surface area contributed by atoms with Gasteiger partial charge in [0.2, 0.25) is 0 Å². The van der Waals surface area contributed by atoms with Gasteiger partial charge in [0.1, 0.15) is 5.82 Å². The molecule has 3 aromatic rings. The van der Waals surface area contributed by atoms with E-state index < -0.39 is 0 Å². The highest BCUT2D eigenvalue weighted by atomic mass is 16.2. The molecule has 1 aliphatic heterocycles. The summed E-state index contributed by atoms with van der Waals surface area (Å²) in [6.45, 7) is 4.00. The van der Waals surface area contributed by atoms with Gasteiger partial charge < -0.3 is 15.2 Å². The third-order valence-corrected chi connectivity index (χ3v) is 5.06. The molecular formula is C20H24N6O. The average Bonchev–Trinajstić information content (AvgIpc) is 3.39. The van der Waals surface area contributed by atoms with Crippen molar-refractivity contribution in [3.63, 3.8) is 0 Å². The van der Waals surface area contributed by atoms with Crippen LogP contribution in [0.2, 0.25) is 0 Å². The number of nitrogens with zero attached hydrogens (tertiary/aromatic N) is 4. The van der Waals surface area contributed by atoms with E-state index in [1.54, 1.807) is 12.4 Å². The second kappa shape index (κ2) is 7.65. The highest BCUT2D eigenvalue weighted by Gasteiger charge is 2.26. The molecule has 1 saturated heterocycles. The van der Waals surface area contributed by atoms with Gasteiger partial charge in [-0.3, -0.25) is 0 Å². The number of urea groups is 1. The average molecular weight is 364 g/mol. The number of carbonyl (C=O) groups excluding carboxylic acids is 1. The Bertz CT molecular complexity index is 901. The summed E-state index contributed by atoms with van der Waals surface area (Å²) in [5, 5.41) is 7.44. The number of carbonyl (C=O) groups is 1. The van der Waals surface area contributed by atoms with Gasteiger partial charge in [0.05, 0.1) is 11.9 Å². The Kier molecular flexibility index (Phi) is 4.91. The van der Waals surface area contributed by atoms with Crippen LogP contribution in [0.25, 0.3) is 5.69 Å². The Morgan fingerprint density at radius 3 is 3.07 bits per heavy atom. The van der Waals surface area contributed by atoms with E-state index in [9.17, 15) is 4.79 Å². The van der Waals surface area contributed by atoms with Crippen molar-refractivity contribution in [2.24, 2.45) is 0 Å². The van der Waals surface area contributed by atoms with Crippen LogP contribution in [0, 0.1) is 6.92 Å². The predicted octanol–water partition coefficient (Wildman–Crippen LogP) is 2.99. The van der Waals surface area contributed by atoms with Crippen molar-refractivity contribution >= 4 is 6.03 Å². The van der Waals surface area contributed by atoms with E-state index in [1.807, 2.05) is 40.2 Å². The fourth-order valence-corrected chi connectivity index (χ4v) is 3.58. The molecule has 1 atom stereocenters. The zero-order valence-electron chi connectivity index (χ0n) is 15.4. The number of H-pyrrole nitrogens is 1. The van der Waals surface area contributed by atoms with Gasteiger partial charge in [-0.1, -0.05) is 18.2 Å². The van der Waals surface area contributed by atoms with Crippen molar-refractivity contribution in [3.05, 3.63) is 66.0 Å². The molecule has 7 nitrogen and oxygen atoms in total. The lowest BCUT2D eigenvalue weighted by atomic mass is 9.98. The number of hydrogen-bond donors (Lipinski definition) is 2. The molecule has 0 saturated carbocycles. The lowest BCUT2D eigenvalue weighted by Gasteiger charge is -2.31. The number of aromatic nitrogens is 4. The maximum Gasteiger partial charge on any atom is 0.317 e. The monoisotopic (exact) mass is 364 g/mol. The SMILES string of the molecule is Cc1ccccc1-n1cc(CNC(=O)N2CCCC(c3ncc[nH]3)C2)cn1. The zero-order valence-corrected chi connectivity index (χ0v) is 15.4. The van der Waals surface area contributed by atoms with Crippen molar-refractivity contribution in [2.45, 2.75) is 32.2 Å². The number of aryl methyl sites for hydroxylation is 1. The molecule has 3 heterocycles. The maximum atomic E-state index is 12.6. The zero-order chi connectivity index (χ0) is 18.6. The summed E-state index contributed by atoms with van der Waals surface area (Å²) in [5.41, 5.74) is 3.19. The Morgan fingerprint density at radius 1 is 1.37 bits per heavy atom. The van der Waals surface area contributed by atoms with Crippen LogP contribution < -0.4 is 5.32 Å². The normalized spacial score (nSPS) is 17.1. The van der Waals surface area contributed by atoms with E-state index in [-0.39, 0.29) is 11.9 Å². The van der Waals surface area contributed by atoms with Gasteiger partial charge in [-0.15, -0.1) is 0 Å². The van der Waals surface area contributed by atoms with Crippen LogP contribution in [0.15, 0.2) is 49.1 Å². The molecule has 0 aliphatic carbocycles. The minimum Gasteiger partial charge on any atom is -0.348 e. The third kappa shape index (κ3) is 3.86. The molecule has 27 heavy (non-hydrogen) atoms. The van der Waals surface area contributed by atoms with Gasteiger partial charge in [0, 0.05) is 49.7 Å². The molecule has 4 rings (SSSR count). The van der Waals surface area contributed by atoms with Gasteiger partial charge >= 0.3 is 6.03 Å². The largest absolute Gasteiger partial charge is 0.348 e. The summed E-state index contributed by atoms with van der Waals surface area (Å²) < 4.78 is 1.85. The van der Waals surface area contributed by atoms with E-state index >= 15 is 0 Å². The molecule has 0 radical (unpaired) electrons. The summed E-state index contributed by atoms with van der Waals surface area (Å²) in [7, 11) is 0. The molecule has 0 bridgehead atoms.